The lowest BCUT2D eigenvalue weighted by molar-refractivity contribution is 0.0685. The number of amides is 1. The van der Waals surface area contributed by atoms with E-state index in [1.54, 1.807) is 16.5 Å². The number of halogens is 2. The molecular formula is C25H29F2N5O5S. The number of carbonyl (C=O) groups excluding carboxylic acids is 1. The van der Waals surface area contributed by atoms with E-state index in [0.717, 1.165) is 16.8 Å². The van der Waals surface area contributed by atoms with Gasteiger partial charge in [0.1, 0.15) is 27.6 Å². The van der Waals surface area contributed by atoms with E-state index in [2.05, 4.69) is 5.10 Å². The van der Waals surface area contributed by atoms with Gasteiger partial charge in [0.25, 0.3) is 11.5 Å². The molecule has 204 valence electrons. The molecule has 38 heavy (non-hydrogen) atoms. The summed E-state index contributed by atoms with van der Waals surface area (Å²) in [4.78, 5) is 29.0. The molecule has 0 saturated heterocycles. The first-order valence-electron chi connectivity index (χ1n) is 12.4. The van der Waals surface area contributed by atoms with Crippen LogP contribution in [0.15, 0.2) is 16.9 Å². The molecule has 3 aromatic rings. The summed E-state index contributed by atoms with van der Waals surface area (Å²) in [6.45, 7) is 4.65. The SMILES string of the molecule is CCN1CC(C)n2c(c(OC)c3c(=O)n4nc(c32)N(C)S(=O)CCCCOc2cc(F)c(F)cc2C4)C1=O. The van der Waals surface area contributed by atoms with Gasteiger partial charge in [-0.2, -0.15) is 0 Å². The van der Waals surface area contributed by atoms with Gasteiger partial charge in [-0.3, -0.25) is 13.9 Å². The van der Waals surface area contributed by atoms with E-state index >= 15 is 0 Å². The molecule has 2 aliphatic rings. The first-order valence-corrected chi connectivity index (χ1v) is 13.7. The van der Waals surface area contributed by atoms with Gasteiger partial charge in [-0.1, -0.05) is 0 Å². The Morgan fingerprint density at radius 3 is 2.66 bits per heavy atom. The summed E-state index contributed by atoms with van der Waals surface area (Å²) in [5.41, 5.74) is 0.201. The molecule has 4 heterocycles. The van der Waals surface area contributed by atoms with Gasteiger partial charge in [0.15, 0.2) is 28.9 Å². The number of anilines is 1. The summed E-state index contributed by atoms with van der Waals surface area (Å²) in [5.74, 6) is -1.74. The quantitative estimate of drug-likeness (QED) is 0.488. The van der Waals surface area contributed by atoms with Crippen molar-refractivity contribution in [3.05, 3.63) is 45.4 Å². The van der Waals surface area contributed by atoms with Crippen molar-refractivity contribution in [2.45, 2.75) is 39.3 Å². The zero-order valence-corrected chi connectivity index (χ0v) is 22.4. The molecule has 1 amide bonds. The Balaban J connectivity index is 1.85. The topological polar surface area (TPSA) is 98.9 Å². The number of methoxy groups -OCH3 is 1. The lowest BCUT2D eigenvalue weighted by Crippen LogP contribution is -2.42. The number of nitrogens with zero attached hydrogens (tertiary/aromatic N) is 5. The van der Waals surface area contributed by atoms with Crippen LogP contribution >= 0.6 is 0 Å². The van der Waals surface area contributed by atoms with Crippen LogP contribution in [-0.2, 0) is 17.5 Å². The van der Waals surface area contributed by atoms with Crippen molar-refractivity contribution in [2.24, 2.45) is 0 Å². The number of carbonyl (C=O) groups is 1. The smallest absolute Gasteiger partial charge is 0.280 e. The molecule has 2 atom stereocenters. The van der Waals surface area contributed by atoms with Crippen LogP contribution in [0.2, 0.25) is 0 Å². The average molecular weight is 550 g/mol. The minimum Gasteiger partial charge on any atom is -0.493 e. The minimum atomic E-state index is -1.52. The van der Waals surface area contributed by atoms with E-state index in [4.69, 9.17) is 9.47 Å². The van der Waals surface area contributed by atoms with Crippen LogP contribution in [-0.4, -0.2) is 69.0 Å². The van der Waals surface area contributed by atoms with Crippen molar-refractivity contribution in [3.63, 3.8) is 0 Å². The largest absolute Gasteiger partial charge is 0.493 e. The minimum absolute atomic E-state index is 0.0958. The Kier molecular flexibility index (Phi) is 6.88. The summed E-state index contributed by atoms with van der Waals surface area (Å²) >= 11 is 0. The fraction of sp³-hybridized carbons (Fsp3) is 0.480. The summed E-state index contributed by atoms with van der Waals surface area (Å²) in [6.07, 6.45) is 1.07. The predicted octanol–water partition coefficient (Wildman–Crippen LogP) is 2.84. The van der Waals surface area contributed by atoms with Crippen LogP contribution < -0.4 is 19.3 Å². The average Bonchev–Trinajstić information content (AvgIpc) is 3.25. The highest BCUT2D eigenvalue weighted by Gasteiger charge is 2.38. The van der Waals surface area contributed by atoms with Crippen LogP contribution in [0.3, 0.4) is 0 Å². The Labute approximate surface area is 220 Å². The summed E-state index contributed by atoms with van der Waals surface area (Å²) in [5, 5.41) is 4.67. The van der Waals surface area contributed by atoms with Crippen molar-refractivity contribution < 1.29 is 27.3 Å². The second-order valence-corrected chi connectivity index (χ2v) is 11.0. The Morgan fingerprint density at radius 2 is 1.95 bits per heavy atom. The molecule has 2 aromatic heterocycles. The highest BCUT2D eigenvalue weighted by atomic mass is 32.2. The maximum Gasteiger partial charge on any atom is 0.280 e. The van der Waals surface area contributed by atoms with Gasteiger partial charge in [-0.15, -0.1) is 5.10 Å². The molecule has 0 radical (unpaired) electrons. The number of ether oxygens (including phenoxy) is 2. The Hall–Kier alpha value is -3.48. The maximum absolute atomic E-state index is 14.3. The third-order valence-corrected chi connectivity index (χ3v) is 8.46. The number of benzene rings is 1. The summed E-state index contributed by atoms with van der Waals surface area (Å²) in [7, 11) is 1.48. The van der Waals surface area contributed by atoms with Gasteiger partial charge in [0, 0.05) is 43.6 Å². The highest BCUT2D eigenvalue weighted by molar-refractivity contribution is 7.86. The van der Waals surface area contributed by atoms with Crippen molar-refractivity contribution >= 4 is 33.6 Å². The second-order valence-electron chi connectivity index (χ2n) is 9.41. The Morgan fingerprint density at radius 1 is 1.21 bits per heavy atom. The van der Waals surface area contributed by atoms with Crippen molar-refractivity contribution in [3.8, 4) is 11.5 Å². The van der Waals surface area contributed by atoms with Gasteiger partial charge in [0.2, 0.25) is 0 Å². The molecular weight excluding hydrogens is 520 g/mol. The summed E-state index contributed by atoms with van der Waals surface area (Å²) < 4.78 is 57.3. The molecule has 1 aromatic carbocycles. The number of hydrogen-bond donors (Lipinski definition) is 0. The van der Waals surface area contributed by atoms with E-state index in [1.807, 2.05) is 13.8 Å². The van der Waals surface area contributed by atoms with Crippen molar-refractivity contribution in [1.29, 1.82) is 0 Å². The molecule has 10 nitrogen and oxygen atoms in total. The fourth-order valence-electron chi connectivity index (χ4n) is 5.12. The second kappa shape index (κ2) is 10.0. The highest BCUT2D eigenvalue weighted by Crippen LogP contribution is 2.41. The number of aromatic nitrogens is 3. The van der Waals surface area contributed by atoms with Gasteiger partial charge in [0.05, 0.1) is 20.3 Å². The van der Waals surface area contributed by atoms with Gasteiger partial charge in [-0.25, -0.2) is 17.7 Å². The lowest BCUT2D eigenvalue weighted by atomic mass is 10.1. The van der Waals surface area contributed by atoms with E-state index in [1.165, 1.54) is 11.4 Å². The monoisotopic (exact) mass is 549 g/mol. The van der Waals surface area contributed by atoms with E-state index < -0.39 is 28.2 Å². The normalized spacial score (nSPS) is 20.2. The zero-order valence-electron chi connectivity index (χ0n) is 21.6. The summed E-state index contributed by atoms with van der Waals surface area (Å²) in [6, 6.07) is 1.72. The standard InChI is InChI=1S/C25H29F2N5O5S/c1-5-30-12-14(2)32-20-19(22(36-4)21(32)25(30)34)24(33)31-13-15-10-16(26)17(27)11-18(15)37-8-6-7-9-38(35)29(3)23(20)28-31/h10-11,14H,5-9,12-13H2,1-4H3. The predicted molar refractivity (Wildman–Crippen MR) is 138 cm³/mol. The molecule has 5 rings (SSSR count). The number of hydrogen-bond acceptors (Lipinski definition) is 6. The molecule has 0 fully saturated rings. The first kappa shape index (κ1) is 26.1. The van der Waals surface area contributed by atoms with Crippen LogP contribution in [0.25, 0.3) is 10.9 Å². The molecule has 2 bridgehead atoms. The molecule has 0 spiro atoms. The third kappa shape index (κ3) is 4.12. The number of likely N-dealkylation sites (N-methyl/N-ethyl adjacent to an activating group) is 1. The molecule has 13 heteroatoms. The third-order valence-electron chi connectivity index (χ3n) is 7.04. The van der Waals surface area contributed by atoms with E-state index in [0.29, 0.717) is 31.4 Å². The number of fused-ring (bicyclic) bond motifs is 7. The fourth-order valence-corrected chi connectivity index (χ4v) is 6.16. The Bertz CT molecular complexity index is 1520. The van der Waals surface area contributed by atoms with Crippen LogP contribution in [0.4, 0.5) is 14.6 Å². The maximum atomic E-state index is 14.3. The lowest BCUT2D eigenvalue weighted by Gasteiger charge is -2.33. The van der Waals surface area contributed by atoms with E-state index in [-0.39, 0.29) is 64.8 Å². The molecule has 0 aliphatic carbocycles. The van der Waals surface area contributed by atoms with Crippen molar-refractivity contribution in [1.82, 2.24) is 19.2 Å². The molecule has 2 aliphatic heterocycles. The van der Waals surface area contributed by atoms with Crippen LogP contribution in [0.5, 0.6) is 11.5 Å². The molecule has 0 N–H and O–H groups in total. The van der Waals surface area contributed by atoms with Crippen LogP contribution in [0, 0.1) is 11.6 Å². The van der Waals surface area contributed by atoms with Crippen LogP contribution in [0.1, 0.15) is 48.8 Å². The van der Waals surface area contributed by atoms with Crippen molar-refractivity contribution in [2.75, 3.05) is 43.9 Å². The van der Waals surface area contributed by atoms with Gasteiger partial charge >= 0.3 is 0 Å². The zero-order chi connectivity index (χ0) is 27.3. The number of rotatable bonds is 2. The van der Waals surface area contributed by atoms with Gasteiger partial charge in [-0.05, 0) is 32.8 Å². The first-order chi connectivity index (χ1) is 18.2. The molecule has 0 saturated carbocycles. The molecule has 2 unspecified atom stereocenters. The van der Waals surface area contributed by atoms with Gasteiger partial charge < -0.3 is 18.9 Å². The van der Waals surface area contributed by atoms with E-state index in [9.17, 15) is 22.6 Å².